The van der Waals surface area contributed by atoms with E-state index >= 15 is 0 Å². The smallest absolute Gasteiger partial charge is 0.115 e. The summed E-state index contributed by atoms with van der Waals surface area (Å²) in [6.45, 7) is 0. The maximum Gasteiger partial charge on any atom is 0.115 e. The van der Waals surface area contributed by atoms with Crippen LogP contribution in [0.5, 0.6) is 5.75 Å². The Balaban J connectivity index is 2.03. The molecule has 1 N–H and O–H groups in total. The molecule has 2 atom stereocenters. The molecular formula is C12H15ClO. The van der Waals surface area contributed by atoms with Gasteiger partial charge in [0.2, 0.25) is 0 Å². The van der Waals surface area contributed by atoms with Crippen molar-refractivity contribution in [3.63, 3.8) is 0 Å². The highest BCUT2D eigenvalue weighted by molar-refractivity contribution is 6.20. The van der Waals surface area contributed by atoms with Gasteiger partial charge in [0.25, 0.3) is 0 Å². The van der Waals surface area contributed by atoms with Crippen LogP contribution in [0.15, 0.2) is 24.3 Å². The Labute approximate surface area is 89.7 Å². The predicted molar refractivity (Wildman–Crippen MR) is 58.8 cm³/mol. The van der Waals surface area contributed by atoms with Crippen molar-refractivity contribution in [2.45, 2.75) is 31.1 Å². The SMILES string of the molecule is Oc1cccc(CC2CCCC2Cl)c1. The minimum absolute atomic E-state index is 0.331. The monoisotopic (exact) mass is 210 g/mol. The first kappa shape index (κ1) is 9.85. The van der Waals surface area contributed by atoms with Gasteiger partial charge in [-0.2, -0.15) is 0 Å². The van der Waals surface area contributed by atoms with Gasteiger partial charge in [-0.1, -0.05) is 18.6 Å². The summed E-state index contributed by atoms with van der Waals surface area (Å²) in [5.74, 6) is 0.949. The summed E-state index contributed by atoms with van der Waals surface area (Å²) in [7, 11) is 0. The number of hydrogen-bond donors (Lipinski definition) is 1. The summed E-state index contributed by atoms with van der Waals surface area (Å²) in [6.07, 6.45) is 4.62. The summed E-state index contributed by atoms with van der Waals surface area (Å²) in [4.78, 5) is 0. The molecule has 1 aliphatic carbocycles. The fourth-order valence-electron chi connectivity index (χ4n) is 2.21. The molecule has 1 saturated carbocycles. The Morgan fingerprint density at radius 3 is 2.86 bits per heavy atom. The van der Waals surface area contributed by atoms with Gasteiger partial charge in [-0.3, -0.25) is 0 Å². The van der Waals surface area contributed by atoms with Crippen molar-refractivity contribution in [2.24, 2.45) is 5.92 Å². The maximum atomic E-state index is 9.32. The van der Waals surface area contributed by atoms with E-state index in [4.69, 9.17) is 11.6 Å². The lowest BCUT2D eigenvalue weighted by Crippen LogP contribution is -2.09. The van der Waals surface area contributed by atoms with Gasteiger partial charge in [0.1, 0.15) is 5.75 Å². The molecule has 1 aliphatic rings. The fraction of sp³-hybridized carbons (Fsp3) is 0.500. The molecule has 0 amide bonds. The number of phenols is 1. The van der Waals surface area contributed by atoms with Gasteiger partial charge < -0.3 is 5.11 Å². The molecule has 0 saturated heterocycles. The van der Waals surface area contributed by atoms with Crippen LogP contribution in [-0.2, 0) is 6.42 Å². The standard InChI is InChI=1S/C12H15ClO/c13-12-6-2-4-10(12)7-9-3-1-5-11(14)8-9/h1,3,5,8,10,12,14H,2,4,6-7H2. The van der Waals surface area contributed by atoms with Gasteiger partial charge in [-0.15, -0.1) is 11.6 Å². The number of rotatable bonds is 2. The molecule has 1 fully saturated rings. The van der Waals surface area contributed by atoms with E-state index in [0.717, 1.165) is 12.8 Å². The first-order valence-corrected chi connectivity index (χ1v) is 5.61. The van der Waals surface area contributed by atoms with Gasteiger partial charge in [0.15, 0.2) is 0 Å². The van der Waals surface area contributed by atoms with Gasteiger partial charge >= 0.3 is 0 Å². The van der Waals surface area contributed by atoms with Crippen molar-refractivity contribution in [1.29, 1.82) is 0 Å². The summed E-state index contributed by atoms with van der Waals surface area (Å²) >= 11 is 6.21. The molecule has 2 heteroatoms. The molecule has 14 heavy (non-hydrogen) atoms. The second-order valence-electron chi connectivity index (χ2n) is 4.08. The lowest BCUT2D eigenvalue weighted by atomic mass is 9.98. The van der Waals surface area contributed by atoms with Crippen LogP contribution in [0.1, 0.15) is 24.8 Å². The highest BCUT2D eigenvalue weighted by atomic mass is 35.5. The summed E-state index contributed by atoms with van der Waals surface area (Å²) in [6, 6.07) is 7.49. The Kier molecular flexibility index (Phi) is 2.97. The van der Waals surface area contributed by atoms with E-state index in [1.165, 1.54) is 18.4 Å². The van der Waals surface area contributed by atoms with Gasteiger partial charge in [-0.05, 0) is 42.9 Å². The Hall–Kier alpha value is -0.690. The summed E-state index contributed by atoms with van der Waals surface area (Å²) in [5.41, 5.74) is 1.20. The molecule has 0 aromatic heterocycles. The number of phenolic OH excluding ortho intramolecular Hbond substituents is 1. The van der Waals surface area contributed by atoms with Gasteiger partial charge in [-0.25, -0.2) is 0 Å². The Morgan fingerprint density at radius 2 is 2.21 bits per heavy atom. The van der Waals surface area contributed by atoms with Crippen LogP contribution in [0, 0.1) is 5.92 Å². The highest BCUT2D eigenvalue weighted by Gasteiger charge is 2.25. The largest absolute Gasteiger partial charge is 0.508 e. The second kappa shape index (κ2) is 4.22. The molecule has 1 aromatic rings. The molecule has 2 rings (SSSR count). The van der Waals surface area contributed by atoms with Crippen LogP contribution < -0.4 is 0 Å². The zero-order chi connectivity index (χ0) is 9.97. The Morgan fingerprint density at radius 1 is 1.36 bits per heavy atom. The third-order valence-corrected chi connectivity index (χ3v) is 3.55. The van der Waals surface area contributed by atoms with Crippen molar-refractivity contribution in [3.05, 3.63) is 29.8 Å². The molecule has 0 radical (unpaired) electrons. The number of benzene rings is 1. The summed E-state index contributed by atoms with van der Waals surface area (Å²) < 4.78 is 0. The zero-order valence-corrected chi connectivity index (χ0v) is 8.87. The lowest BCUT2D eigenvalue weighted by Gasteiger charge is -2.13. The number of hydrogen-bond acceptors (Lipinski definition) is 1. The van der Waals surface area contributed by atoms with Crippen molar-refractivity contribution in [2.75, 3.05) is 0 Å². The maximum absolute atomic E-state index is 9.32. The van der Waals surface area contributed by atoms with Crippen molar-refractivity contribution >= 4 is 11.6 Å². The molecule has 76 valence electrons. The normalized spacial score (nSPS) is 26.6. The van der Waals surface area contributed by atoms with E-state index in [1.807, 2.05) is 12.1 Å². The topological polar surface area (TPSA) is 20.2 Å². The molecule has 2 unspecified atom stereocenters. The molecular weight excluding hydrogens is 196 g/mol. The van der Waals surface area contributed by atoms with Gasteiger partial charge in [0.05, 0.1) is 0 Å². The highest BCUT2D eigenvalue weighted by Crippen LogP contribution is 2.33. The zero-order valence-electron chi connectivity index (χ0n) is 8.12. The van der Waals surface area contributed by atoms with Crippen LogP contribution in [0.25, 0.3) is 0 Å². The van der Waals surface area contributed by atoms with E-state index in [2.05, 4.69) is 6.07 Å². The van der Waals surface area contributed by atoms with Gasteiger partial charge in [0, 0.05) is 5.38 Å². The third kappa shape index (κ3) is 2.21. The third-order valence-electron chi connectivity index (χ3n) is 2.97. The van der Waals surface area contributed by atoms with Crippen LogP contribution in [0.4, 0.5) is 0 Å². The van der Waals surface area contributed by atoms with Crippen LogP contribution in [0.2, 0.25) is 0 Å². The fourth-order valence-corrected chi connectivity index (χ4v) is 2.58. The molecule has 1 nitrogen and oxygen atoms in total. The van der Waals surface area contributed by atoms with E-state index < -0.39 is 0 Å². The van der Waals surface area contributed by atoms with E-state index in [0.29, 0.717) is 17.0 Å². The van der Waals surface area contributed by atoms with Crippen LogP contribution >= 0.6 is 11.6 Å². The minimum Gasteiger partial charge on any atom is -0.508 e. The van der Waals surface area contributed by atoms with Crippen molar-refractivity contribution in [3.8, 4) is 5.75 Å². The number of halogens is 1. The predicted octanol–water partition coefficient (Wildman–Crippen LogP) is 3.34. The molecule has 0 spiro atoms. The second-order valence-corrected chi connectivity index (χ2v) is 4.64. The van der Waals surface area contributed by atoms with Crippen molar-refractivity contribution in [1.82, 2.24) is 0 Å². The Bertz CT molecular complexity index is 311. The first-order valence-electron chi connectivity index (χ1n) is 5.17. The van der Waals surface area contributed by atoms with E-state index in [1.54, 1.807) is 6.07 Å². The number of alkyl halides is 1. The average molecular weight is 211 g/mol. The van der Waals surface area contributed by atoms with Crippen LogP contribution in [-0.4, -0.2) is 10.5 Å². The quantitative estimate of drug-likeness (QED) is 0.743. The molecule has 0 aliphatic heterocycles. The molecule has 1 aromatic carbocycles. The van der Waals surface area contributed by atoms with E-state index in [9.17, 15) is 5.11 Å². The van der Waals surface area contributed by atoms with Crippen LogP contribution in [0.3, 0.4) is 0 Å². The average Bonchev–Trinajstić information content (AvgIpc) is 2.52. The minimum atomic E-state index is 0.331. The van der Waals surface area contributed by atoms with E-state index in [-0.39, 0.29) is 0 Å². The lowest BCUT2D eigenvalue weighted by molar-refractivity contribution is 0.473. The van der Waals surface area contributed by atoms with Crippen molar-refractivity contribution < 1.29 is 5.11 Å². The first-order chi connectivity index (χ1) is 6.75. The number of aromatic hydroxyl groups is 1. The molecule has 0 bridgehead atoms. The summed E-state index contributed by atoms with van der Waals surface area (Å²) in [5, 5.41) is 9.65. The molecule has 0 heterocycles.